The second-order valence-corrected chi connectivity index (χ2v) is 6.50. The van der Waals surface area contributed by atoms with Crippen molar-refractivity contribution in [3.05, 3.63) is 65.1 Å². The summed E-state index contributed by atoms with van der Waals surface area (Å²) in [6.07, 6.45) is 1.94. The number of halogens is 1. The molecule has 1 aliphatic heterocycles. The van der Waals surface area contributed by atoms with Gasteiger partial charge in [-0.3, -0.25) is 9.36 Å². The van der Waals surface area contributed by atoms with Crippen LogP contribution in [0.15, 0.2) is 48.8 Å². The molecule has 0 spiro atoms. The van der Waals surface area contributed by atoms with E-state index in [1.54, 1.807) is 30.6 Å². The highest BCUT2D eigenvalue weighted by atomic mass is 35.5. The van der Waals surface area contributed by atoms with Crippen molar-refractivity contribution in [2.75, 3.05) is 12.4 Å². The number of fused-ring (bicyclic) bond motifs is 1. The number of aromatic hydroxyl groups is 1. The van der Waals surface area contributed by atoms with E-state index in [0.29, 0.717) is 16.6 Å². The first kappa shape index (κ1) is 16.5. The van der Waals surface area contributed by atoms with Gasteiger partial charge in [-0.1, -0.05) is 17.7 Å². The fraction of sp³-hybridized carbons (Fsp3) is 0.158. The van der Waals surface area contributed by atoms with Crippen LogP contribution in [0.5, 0.6) is 11.5 Å². The topological polar surface area (TPSA) is 76.4 Å². The van der Waals surface area contributed by atoms with Gasteiger partial charge >= 0.3 is 0 Å². The van der Waals surface area contributed by atoms with Crippen LogP contribution in [0.3, 0.4) is 0 Å². The average Bonchev–Trinajstić information content (AvgIpc) is 3.05. The molecule has 1 atom stereocenters. The summed E-state index contributed by atoms with van der Waals surface area (Å²) in [5, 5.41) is 13.6. The van der Waals surface area contributed by atoms with E-state index in [1.807, 2.05) is 22.8 Å². The molecule has 0 bridgehead atoms. The number of ether oxygens (including phenoxy) is 1. The smallest absolute Gasteiger partial charge is 0.226 e. The lowest BCUT2D eigenvalue weighted by atomic mass is 9.89. The summed E-state index contributed by atoms with van der Waals surface area (Å²) in [7, 11) is 1.49. The van der Waals surface area contributed by atoms with E-state index in [0.717, 1.165) is 16.9 Å². The Morgan fingerprint density at radius 2 is 2.04 bits per heavy atom. The van der Waals surface area contributed by atoms with Gasteiger partial charge in [0.1, 0.15) is 12.1 Å². The van der Waals surface area contributed by atoms with Crippen LogP contribution in [0.4, 0.5) is 5.82 Å². The highest BCUT2D eigenvalue weighted by Gasteiger charge is 2.31. The number of nitrogens with zero attached hydrogens (tertiary/aromatic N) is 2. The van der Waals surface area contributed by atoms with Crippen molar-refractivity contribution in [3.63, 3.8) is 0 Å². The van der Waals surface area contributed by atoms with Gasteiger partial charge in [0, 0.05) is 23.0 Å². The number of hydrogen-bond acceptors (Lipinski definition) is 4. The van der Waals surface area contributed by atoms with Crippen molar-refractivity contribution in [2.24, 2.45) is 0 Å². The van der Waals surface area contributed by atoms with Crippen LogP contribution in [-0.2, 0) is 4.79 Å². The van der Waals surface area contributed by atoms with Gasteiger partial charge in [0.15, 0.2) is 11.5 Å². The maximum atomic E-state index is 12.3. The molecular formula is C19H16ClN3O3. The van der Waals surface area contributed by atoms with E-state index in [-0.39, 0.29) is 24.0 Å². The van der Waals surface area contributed by atoms with Crippen LogP contribution in [0.1, 0.15) is 23.6 Å². The van der Waals surface area contributed by atoms with E-state index in [9.17, 15) is 9.90 Å². The number of rotatable bonds is 3. The minimum Gasteiger partial charge on any atom is -0.504 e. The van der Waals surface area contributed by atoms with Crippen LogP contribution < -0.4 is 10.1 Å². The molecule has 26 heavy (non-hydrogen) atoms. The Hall–Kier alpha value is -2.99. The third-order valence-electron chi connectivity index (χ3n) is 4.48. The van der Waals surface area contributed by atoms with Gasteiger partial charge in [0.2, 0.25) is 5.91 Å². The number of phenolic OH excluding ortho intramolecular Hbond substituents is 1. The van der Waals surface area contributed by atoms with E-state index >= 15 is 0 Å². The molecule has 6 nitrogen and oxygen atoms in total. The molecular weight excluding hydrogens is 354 g/mol. The van der Waals surface area contributed by atoms with Crippen molar-refractivity contribution in [1.82, 2.24) is 9.55 Å². The summed E-state index contributed by atoms with van der Waals surface area (Å²) >= 11 is 5.95. The van der Waals surface area contributed by atoms with E-state index < -0.39 is 0 Å². The zero-order valence-electron chi connectivity index (χ0n) is 13.9. The SMILES string of the molecule is COc1ccc(C2CC(=O)Nc3c2ncn3-c2ccc(Cl)cc2)cc1O. The van der Waals surface area contributed by atoms with Gasteiger partial charge in [-0.05, 0) is 42.0 Å². The minimum atomic E-state index is -0.246. The Balaban J connectivity index is 1.78. The van der Waals surface area contributed by atoms with Crippen molar-refractivity contribution >= 4 is 23.3 Å². The molecule has 0 radical (unpaired) electrons. The number of aromatic nitrogens is 2. The first-order chi connectivity index (χ1) is 12.6. The van der Waals surface area contributed by atoms with Crippen LogP contribution in [0.25, 0.3) is 5.69 Å². The number of benzene rings is 2. The first-order valence-electron chi connectivity index (χ1n) is 8.06. The number of phenols is 1. The summed E-state index contributed by atoms with van der Waals surface area (Å²) in [4.78, 5) is 16.8. The van der Waals surface area contributed by atoms with Gasteiger partial charge in [-0.2, -0.15) is 0 Å². The Labute approximate surface area is 155 Å². The monoisotopic (exact) mass is 369 g/mol. The van der Waals surface area contributed by atoms with Crippen LogP contribution in [-0.4, -0.2) is 27.7 Å². The highest BCUT2D eigenvalue weighted by molar-refractivity contribution is 6.30. The van der Waals surface area contributed by atoms with Gasteiger partial charge in [-0.25, -0.2) is 4.98 Å². The molecule has 0 saturated carbocycles. The molecule has 2 heterocycles. The maximum Gasteiger partial charge on any atom is 0.226 e. The molecule has 2 aromatic carbocycles. The third kappa shape index (κ3) is 2.78. The van der Waals surface area contributed by atoms with Crippen molar-refractivity contribution in [2.45, 2.75) is 12.3 Å². The maximum absolute atomic E-state index is 12.3. The molecule has 1 amide bonds. The largest absolute Gasteiger partial charge is 0.504 e. The number of amides is 1. The first-order valence-corrected chi connectivity index (χ1v) is 8.44. The van der Waals surface area contributed by atoms with Crippen LogP contribution in [0.2, 0.25) is 5.02 Å². The molecule has 1 unspecified atom stereocenters. The van der Waals surface area contributed by atoms with E-state index in [4.69, 9.17) is 16.3 Å². The summed E-state index contributed by atoms with van der Waals surface area (Å²) in [5.74, 6) is 0.706. The minimum absolute atomic E-state index is 0.0367. The number of anilines is 1. The average molecular weight is 370 g/mol. The summed E-state index contributed by atoms with van der Waals surface area (Å²) in [5.41, 5.74) is 2.41. The molecule has 1 aromatic heterocycles. The second-order valence-electron chi connectivity index (χ2n) is 6.06. The number of imidazole rings is 1. The molecule has 3 aromatic rings. The van der Waals surface area contributed by atoms with E-state index in [2.05, 4.69) is 10.3 Å². The highest BCUT2D eigenvalue weighted by Crippen LogP contribution is 2.39. The quantitative estimate of drug-likeness (QED) is 0.737. The molecule has 0 saturated heterocycles. The van der Waals surface area contributed by atoms with Gasteiger partial charge < -0.3 is 15.2 Å². The summed E-state index contributed by atoms with van der Waals surface area (Å²) < 4.78 is 6.91. The fourth-order valence-corrected chi connectivity index (χ4v) is 3.33. The Kier molecular flexibility index (Phi) is 4.05. The second kappa shape index (κ2) is 6.38. The Morgan fingerprint density at radius 1 is 1.27 bits per heavy atom. The van der Waals surface area contributed by atoms with E-state index in [1.165, 1.54) is 7.11 Å². The predicted molar refractivity (Wildman–Crippen MR) is 98.3 cm³/mol. The Morgan fingerprint density at radius 3 is 2.73 bits per heavy atom. The number of hydrogen-bond donors (Lipinski definition) is 2. The normalized spacial score (nSPS) is 16.1. The van der Waals surface area contributed by atoms with Crippen LogP contribution >= 0.6 is 11.6 Å². The summed E-state index contributed by atoms with van der Waals surface area (Å²) in [6.45, 7) is 0. The van der Waals surface area contributed by atoms with Gasteiger partial charge in [0.25, 0.3) is 0 Å². The van der Waals surface area contributed by atoms with Crippen LogP contribution in [0, 0.1) is 0 Å². The molecule has 4 rings (SSSR count). The lowest BCUT2D eigenvalue weighted by Crippen LogP contribution is -2.24. The lowest BCUT2D eigenvalue weighted by molar-refractivity contribution is -0.116. The van der Waals surface area contributed by atoms with Crippen molar-refractivity contribution < 1.29 is 14.6 Å². The molecule has 1 aliphatic rings. The number of carbonyl (C=O) groups is 1. The predicted octanol–water partition coefficient (Wildman–Crippen LogP) is 3.71. The van der Waals surface area contributed by atoms with Crippen molar-refractivity contribution in [3.8, 4) is 17.2 Å². The summed E-state index contributed by atoms with van der Waals surface area (Å²) in [6, 6.07) is 12.4. The number of carbonyl (C=O) groups excluding carboxylic acids is 1. The van der Waals surface area contributed by atoms with Crippen molar-refractivity contribution in [1.29, 1.82) is 0 Å². The Bertz CT molecular complexity index is 982. The number of nitrogens with one attached hydrogen (secondary N) is 1. The van der Waals surface area contributed by atoms with Gasteiger partial charge in [0.05, 0.1) is 12.8 Å². The zero-order valence-corrected chi connectivity index (χ0v) is 14.7. The number of methoxy groups -OCH3 is 1. The fourth-order valence-electron chi connectivity index (χ4n) is 3.20. The lowest BCUT2D eigenvalue weighted by Gasteiger charge is -2.23. The molecule has 2 N–H and O–H groups in total. The zero-order chi connectivity index (χ0) is 18.3. The molecule has 0 aliphatic carbocycles. The molecule has 0 fully saturated rings. The van der Waals surface area contributed by atoms with Gasteiger partial charge in [-0.15, -0.1) is 0 Å². The molecule has 132 valence electrons. The third-order valence-corrected chi connectivity index (χ3v) is 4.74. The standard InChI is InChI=1S/C19H16ClN3O3/c1-26-16-7-2-11(8-15(16)24)14-9-17(25)22-19-18(14)21-10-23(19)13-5-3-12(20)4-6-13/h2-8,10,14,24H,9H2,1H3,(H,22,25). The molecule has 7 heteroatoms.